The molecule has 5 nitrogen and oxygen atoms in total. The van der Waals surface area contributed by atoms with Crippen molar-refractivity contribution in [3.8, 4) is 5.69 Å². The zero-order valence-corrected chi connectivity index (χ0v) is 17.2. The maximum absolute atomic E-state index is 13.3. The van der Waals surface area contributed by atoms with Crippen LogP contribution in [0.2, 0.25) is 0 Å². The number of thioether (sulfide) groups is 1. The fourth-order valence-electron chi connectivity index (χ4n) is 2.65. The van der Waals surface area contributed by atoms with Gasteiger partial charge in [-0.2, -0.15) is 0 Å². The van der Waals surface area contributed by atoms with Crippen molar-refractivity contribution in [1.82, 2.24) is 14.9 Å². The van der Waals surface area contributed by atoms with E-state index in [0.717, 1.165) is 15.3 Å². The van der Waals surface area contributed by atoms with Crippen LogP contribution in [0.4, 0.5) is 4.39 Å². The molecule has 1 aliphatic heterocycles. The molecule has 0 radical (unpaired) electrons. The van der Waals surface area contributed by atoms with Gasteiger partial charge in [0.2, 0.25) is 0 Å². The Morgan fingerprint density at radius 2 is 1.93 bits per heavy atom. The third kappa shape index (κ3) is 3.54. The molecule has 9 heteroatoms. The Labute approximate surface area is 175 Å². The van der Waals surface area contributed by atoms with E-state index in [-0.39, 0.29) is 17.3 Å². The first-order valence-electron chi connectivity index (χ1n) is 7.65. The molecule has 0 atom stereocenters. The number of carbonyl (C=O) groups excluding carboxylic acids is 1. The summed E-state index contributed by atoms with van der Waals surface area (Å²) in [6.45, 7) is 0. The molecule has 1 amide bonds. The number of aromatic nitrogens is 2. The Kier molecular flexibility index (Phi) is 4.82. The van der Waals surface area contributed by atoms with Gasteiger partial charge in [0.1, 0.15) is 16.0 Å². The Hall–Kier alpha value is -2.11. The second-order valence-electron chi connectivity index (χ2n) is 5.60. The lowest BCUT2D eigenvalue weighted by Crippen LogP contribution is -2.23. The van der Waals surface area contributed by atoms with Crippen LogP contribution in [-0.4, -0.2) is 19.8 Å². The van der Waals surface area contributed by atoms with Crippen LogP contribution in [0.3, 0.4) is 0 Å². The van der Waals surface area contributed by atoms with Crippen molar-refractivity contribution in [2.24, 2.45) is 0 Å². The molecule has 134 valence electrons. The van der Waals surface area contributed by atoms with E-state index in [1.807, 2.05) is 6.07 Å². The van der Waals surface area contributed by atoms with E-state index in [0.29, 0.717) is 25.8 Å². The number of thiocarbonyl (C=S) groups is 1. The van der Waals surface area contributed by atoms with E-state index in [4.69, 9.17) is 12.2 Å². The van der Waals surface area contributed by atoms with Crippen LogP contribution in [0, 0.1) is 9.39 Å². The molecule has 2 heterocycles. The average Bonchev–Trinajstić information content (AvgIpc) is 2.94. The molecule has 1 N–H and O–H groups in total. The SMILES string of the molecule is O=C1NC(=S)S/C1=C/c1nc2ccc(I)cc2c(=O)n1-c1ccc(F)cc1. The van der Waals surface area contributed by atoms with Crippen molar-refractivity contribution >= 4 is 73.8 Å². The molecule has 1 saturated heterocycles. The van der Waals surface area contributed by atoms with Crippen LogP contribution in [0.1, 0.15) is 5.82 Å². The summed E-state index contributed by atoms with van der Waals surface area (Å²) in [6, 6.07) is 10.9. The van der Waals surface area contributed by atoms with Crippen molar-refractivity contribution < 1.29 is 9.18 Å². The van der Waals surface area contributed by atoms with E-state index < -0.39 is 5.82 Å². The van der Waals surface area contributed by atoms with Crippen molar-refractivity contribution in [3.05, 3.63) is 72.9 Å². The fraction of sp³-hybridized carbons (Fsp3) is 0. The molecule has 2 aromatic carbocycles. The molecule has 0 spiro atoms. The number of halogens is 2. The summed E-state index contributed by atoms with van der Waals surface area (Å²) < 4.78 is 15.9. The Balaban J connectivity index is 2.03. The molecule has 0 bridgehead atoms. The molecule has 1 fully saturated rings. The fourth-order valence-corrected chi connectivity index (χ4v) is 4.15. The minimum absolute atomic E-state index is 0.266. The molecular weight excluding hydrogens is 500 g/mol. The Morgan fingerprint density at radius 3 is 2.59 bits per heavy atom. The first-order valence-corrected chi connectivity index (χ1v) is 9.96. The van der Waals surface area contributed by atoms with Gasteiger partial charge in [0.05, 0.1) is 21.5 Å². The monoisotopic (exact) mass is 509 g/mol. The lowest BCUT2D eigenvalue weighted by atomic mass is 10.2. The second kappa shape index (κ2) is 7.13. The summed E-state index contributed by atoms with van der Waals surface area (Å²) in [4.78, 5) is 30.1. The third-order valence-corrected chi connectivity index (χ3v) is 5.68. The molecule has 0 unspecified atom stereocenters. The van der Waals surface area contributed by atoms with E-state index in [1.165, 1.54) is 34.9 Å². The Morgan fingerprint density at radius 1 is 1.19 bits per heavy atom. The van der Waals surface area contributed by atoms with Gasteiger partial charge in [0, 0.05) is 9.65 Å². The lowest BCUT2D eigenvalue weighted by Gasteiger charge is -2.12. The molecule has 0 aliphatic carbocycles. The highest BCUT2D eigenvalue weighted by atomic mass is 127. The molecule has 4 rings (SSSR count). The van der Waals surface area contributed by atoms with Gasteiger partial charge in [-0.3, -0.25) is 14.2 Å². The summed E-state index contributed by atoms with van der Waals surface area (Å²) in [5.41, 5.74) is 0.659. The highest BCUT2D eigenvalue weighted by Gasteiger charge is 2.23. The van der Waals surface area contributed by atoms with Gasteiger partial charge in [0.25, 0.3) is 11.5 Å². The van der Waals surface area contributed by atoms with Gasteiger partial charge in [-0.15, -0.1) is 0 Å². The highest BCUT2D eigenvalue weighted by molar-refractivity contribution is 14.1. The zero-order chi connectivity index (χ0) is 19.1. The minimum Gasteiger partial charge on any atom is -0.307 e. The Bertz CT molecular complexity index is 1210. The summed E-state index contributed by atoms with van der Waals surface area (Å²) >= 11 is 8.23. The normalized spacial score (nSPS) is 15.6. The molecule has 1 aromatic heterocycles. The largest absolute Gasteiger partial charge is 0.307 e. The summed E-state index contributed by atoms with van der Waals surface area (Å²) in [5, 5.41) is 2.97. The summed E-state index contributed by atoms with van der Waals surface area (Å²) in [6.07, 6.45) is 1.52. The molecular formula is C18H9FIN3O2S2. The summed E-state index contributed by atoms with van der Waals surface area (Å²) in [7, 11) is 0. The van der Waals surface area contributed by atoms with E-state index >= 15 is 0 Å². The minimum atomic E-state index is -0.411. The standard InChI is InChI=1S/C18H9FIN3O2S2/c19-9-1-4-11(5-2-9)23-15(8-14-16(24)22-18(26)27-14)21-13-6-3-10(20)7-12(13)17(23)25/h1-8H,(H,22,24,26)/b14-8+. The maximum Gasteiger partial charge on any atom is 0.266 e. The van der Waals surface area contributed by atoms with Crippen LogP contribution in [0.15, 0.2) is 52.2 Å². The molecule has 3 aromatic rings. The van der Waals surface area contributed by atoms with E-state index in [2.05, 4.69) is 32.9 Å². The third-order valence-electron chi connectivity index (χ3n) is 3.84. The predicted octanol–water partition coefficient (Wildman–Crippen LogP) is 3.62. The van der Waals surface area contributed by atoms with Crippen LogP contribution in [0.5, 0.6) is 0 Å². The van der Waals surface area contributed by atoms with E-state index in [9.17, 15) is 14.0 Å². The molecule has 27 heavy (non-hydrogen) atoms. The number of hydrogen-bond acceptors (Lipinski definition) is 5. The number of rotatable bonds is 2. The lowest BCUT2D eigenvalue weighted by molar-refractivity contribution is -0.115. The van der Waals surface area contributed by atoms with Gasteiger partial charge in [-0.05, 0) is 65.1 Å². The van der Waals surface area contributed by atoms with E-state index in [1.54, 1.807) is 12.1 Å². The predicted molar refractivity (Wildman–Crippen MR) is 116 cm³/mol. The van der Waals surface area contributed by atoms with Gasteiger partial charge in [-0.1, -0.05) is 24.0 Å². The topological polar surface area (TPSA) is 64.0 Å². The summed E-state index contributed by atoms with van der Waals surface area (Å²) in [5.74, 6) is -0.485. The van der Waals surface area contributed by atoms with Crippen LogP contribution < -0.4 is 10.9 Å². The number of hydrogen-bond donors (Lipinski definition) is 1. The molecule has 0 saturated carbocycles. The quantitative estimate of drug-likeness (QED) is 0.325. The van der Waals surface area contributed by atoms with Crippen LogP contribution in [0.25, 0.3) is 22.7 Å². The zero-order valence-electron chi connectivity index (χ0n) is 13.4. The van der Waals surface area contributed by atoms with Gasteiger partial charge in [-0.25, -0.2) is 9.37 Å². The smallest absolute Gasteiger partial charge is 0.266 e. The van der Waals surface area contributed by atoms with Crippen molar-refractivity contribution in [3.63, 3.8) is 0 Å². The number of benzene rings is 2. The number of nitrogens with zero attached hydrogens (tertiary/aromatic N) is 2. The number of nitrogens with one attached hydrogen (secondary N) is 1. The molecule has 1 aliphatic rings. The van der Waals surface area contributed by atoms with Gasteiger partial charge in [0.15, 0.2) is 0 Å². The number of carbonyl (C=O) groups is 1. The number of fused-ring (bicyclic) bond motifs is 1. The van der Waals surface area contributed by atoms with Crippen molar-refractivity contribution in [2.75, 3.05) is 0 Å². The van der Waals surface area contributed by atoms with Crippen molar-refractivity contribution in [2.45, 2.75) is 0 Å². The van der Waals surface area contributed by atoms with Crippen molar-refractivity contribution in [1.29, 1.82) is 0 Å². The van der Waals surface area contributed by atoms with Crippen LogP contribution in [-0.2, 0) is 4.79 Å². The van der Waals surface area contributed by atoms with Gasteiger partial charge < -0.3 is 5.32 Å². The van der Waals surface area contributed by atoms with Gasteiger partial charge >= 0.3 is 0 Å². The maximum atomic E-state index is 13.3. The first-order chi connectivity index (χ1) is 12.9. The second-order valence-corrected chi connectivity index (χ2v) is 8.57. The number of amides is 1. The van der Waals surface area contributed by atoms with Crippen LogP contribution >= 0.6 is 46.6 Å². The first kappa shape index (κ1) is 18.3. The highest BCUT2D eigenvalue weighted by Crippen LogP contribution is 2.26. The average molecular weight is 509 g/mol.